The van der Waals surface area contributed by atoms with Gasteiger partial charge in [-0.15, -0.1) is 0 Å². The van der Waals surface area contributed by atoms with E-state index in [2.05, 4.69) is 33.1 Å². The summed E-state index contributed by atoms with van der Waals surface area (Å²) in [5.74, 6) is -0.687. The number of carbonyl (C=O) groups excluding carboxylic acids is 4. The summed E-state index contributed by atoms with van der Waals surface area (Å²) in [5.41, 5.74) is 4.41. The lowest BCUT2D eigenvalue weighted by atomic mass is 9.98. The van der Waals surface area contributed by atoms with Crippen LogP contribution in [0.4, 0.5) is 9.59 Å². The van der Waals surface area contributed by atoms with Gasteiger partial charge < -0.3 is 30.2 Å². The summed E-state index contributed by atoms with van der Waals surface area (Å²) in [7, 11) is 3.06. The van der Waals surface area contributed by atoms with Crippen molar-refractivity contribution in [1.82, 2.24) is 20.9 Å². The zero-order valence-electron chi connectivity index (χ0n) is 31.3. The fourth-order valence-electron chi connectivity index (χ4n) is 6.12. The molecule has 1 aliphatic carbocycles. The molecule has 2 atom stereocenters. The number of hydrogen-bond acceptors (Lipinski definition) is 10. The highest BCUT2D eigenvalue weighted by atomic mass is 33.1. The summed E-state index contributed by atoms with van der Waals surface area (Å²) in [6.45, 7) is 5.92. The summed E-state index contributed by atoms with van der Waals surface area (Å²) < 4.78 is 16.7. The summed E-state index contributed by atoms with van der Waals surface area (Å²) >= 11 is 0. The number of esters is 1. The van der Waals surface area contributed by atoms with E-state index in [1.807, 2.05) is 84.9 Å². The molecule has 3 aromatic carbocycles. The third kappa shape index (κ3) is 13.1. The van der Waals surface area contributed by atoms with Crippen LogP contribution in [0, 0.1) is 0 Å². The largest absolute Gasteiger partial charge is 0.458 e. The predicted octanol–water partition coefficient (Wildman–Crippen LogP) is 7.69. The van der Waals surface area contributed by atoms with Gasteiger partial charge in [-0.25, -0.2) is 19.4 Å². The molecule has 290 valence electrons. The maximum absolute atomic E-state index is 13.9. The zero-order chi connectivity index (χ0) is 39.0. The number of alkyl carbamates (subject to hydrolysis) is 2. The van der Waals surface area contributed by atoms with Crippen LogP contribution in [-0.4, -0.2) is 72.2 Å². The van der Waals surface area contributed by atoms with Crippen LogP contribution in [0.2, 0.25) is 0 Å². The number of hydrogen-bond donors (Lipinski definition) is 3. The smallest absolute Gasteiger partial charge is 0.407 e. The van der Waals surface area contributed by atoms with Gasteiger partial charge in [0.25, 0.3) is 0 Å². The molecule has 0 unspecified atom stereocenters. The highest BCUT2D eigenvalue weighted by Crippen LogP contribution is 2.44. The Labute approximate surface area is 330 Å². The van der Waals surface area contributed by atoms with Crippen molar-refractivity contribution in [3.63, 3.8) is 0 Å². The molecule has 1 aromatic heterocycles. The first-order chi connectivity index (χ1) is 26.6. The van der Waals surface area contributed by atoms with Gasteiger partial charge in [0.15, 0.2) is 0 Å². The average Bonchev–Trinajstić information content (AvgIpc) is 3.49. The minimum absolute atomic E-state index is 0.0785. The monoisotopic (exact) mass is 784 g/mol. The Bertz CT molecular complexity index is 1830. The Morgan fingerprint density at radius 3 is 2.11 bits per heavy atom. The molecule has 5 rings (SSSR count). The van der Waals surface area contributed by atoms with Crippen LogP contribution in [0.1, 0.15) is 62.6 Å². The van der Waals surface area contributed by atoms with Gasteiger partial charge in [-0.1, -0.05) is 95.7 Å². The molecule has 55 heavy (non-hydrogen) atoms. The number of fused-ring (bicyclic) bond motifs is 3. The van der Waals surface area contributed by atoms with E-state index in [-0.39, 0.29) is 32.0 Å². The van der Waals surface area contributed by atoms with Gasteiger partial charge in [0.05, 0.1) is 0 Å². The lowest BCUT2D eigenvalue weighted by Gasteiger charge is -2.26. The van der Waals surface area contributed by atoms with E-state index in [0.717, 1.165) is 32.8 Å². The van der Waals surface area contributed by atoms with Crippen molar-refractivity contribution < 1.29 is 33.4 Å². The van der Waals surface area contributed by atoms with Gasteiger partial charge in [-0.3, -0.25) is 4.79 Å². The van der Waals surface area contributed by atoms with Crippen LogP contribution < -0.4 is 16.0 Å². The van der Waals surface area contributed by atoms with Crippen molar-refractivity contribution >= 4 is 45.7 Å². The number of amides is 3. The number of rotatable bonds is 18. The first kappa shape index (κ1) is 41.2. The van der Waals surface area contributed by atoms with E-state index in [1.165, 1.54) is 10.8 Å². The summed E-state index contributed by atoms with van der Waals surface area (Å²) in [4.78, 5) is 57.1. The second-order valence-corrected chi connectivity index (χ2v) is 16.4. The topological polar surface area (TPSA) is 145 Å². The van der Waals surface area contributed by atoms with E-state index >= 15 is 0 Å². The van der Waals surface area contributed by atoms with Crippen LogP contribution in [-0.2, 0) is 30.2 Å². The molecule has 0 radical (unpaired) electrons. The molecule has 3 N–H and O–H groups in total. The fraction of sp³-hybridized carbons (Fsp3) is 0.357. The van der Waals surface area contributed by atoms with Crippen molar-refractivity contribution in [1.29, 1.82) is 0 Å². The van der Waals surface area contributed by atoms with Crippen LogP contribution in [0.15, 0.2) is 108 Å². The van der Waals surface area contributed by atoms with Gasteiger partial charge >= 0.3 is 18.2 Å². The standard InChI is InChI=1S/C42H48N4O7S2/c1-42(2,3)53-39(48)36(27-29-15-5-4-6-16-29)45-38(47)35(21-11-13-24-44-40(49)51-25-26-54-55-37-22-12-14-23-43-37)46-41(50)52-28-34-32-19-9-7-17-30(32)31-18-8-10-20-33(31)34/h4-10,12,14-20,22-23,34-36H,11,13,21,24-28H2,1-3H3,(H,44,49)(H,45,47)(H,46,50)/t35-,36-/m0/s1. The van der Waals surface area contributed by atoms with Crippen molar-refractivity contribution in [2.75, 3.05) is 25.5 Å². The summed E-state index contributed by atoms with van der Waals surface area (Å²) in [6, 6.07) is 29.1. The molecular formula is C42H48N4O7S2. The number of benzene rings is 3. The molecule has 0 saturated carbocycles. The van der Waals surface area contributed by atoms with Crippen molar-refractivity contribution in [3.8, 4) is 11.1 Å². The third-order valence-corrected chi connectivity index (χ3v) is 10.8. The lowest BCUT2D eigenvalue weighted by Crippen LogP contribution is -2.53. The third-order valence-electron chi connectivity index (χ3n) is 8.61. The first-order valence-electron chi connectivity index (χ1n) is 18.4. The molecule has 4 aromatic rings. The Morgan fingerprint density at radius 2 is 1.44 bits per heavy atom. The predicted molar refractivity (Wildman–Crippen MR) is 216 cm³/mol. The zero-order valence-corrected chi connectivity index (χ0v) is 33.0. The number of aromatic nitrogens is 1. The highest BCUT2D eigenvalue weighted by molar-refractivity contribution is 8.76. The quantitative estimate of drug-likeness (QED) is 0.0398. The number of nitrogens with one attached hydrogen (secondary N) is 3. The molecule has 0 aliphatic heterocycles. The second kappa shape index (κ2) is 20.6. The number of ether oxygens (including phenoxy) is 3. The van der Waals surface area contributed by atoms with Gasteiger partial charge in [-0.2, -0.15) is 0 Å². The Kier molecular flexibility index (Phi) is 15.4. The second-order valence-electron chi connectivity index (χ2n) is 13.9. The maximum Gasteiger partial charge on any atom is 0.407 e. The molecule has 13 heteroatoms. The van der Waals surface area contributed by atoms with Crippen molar-refractivity contribution in [2.45, 2.75) is 75.1 Å². The van der Waals surface area contributed by atoms with Crippen molar-refractivity contribution in [3.05, 3.63) is 120 Å². The van der Waals surface area contributed by atoms with E-state index in [9.17, 15) is 19.2 Å². The molecule has 1 heterocycles. The van der Waals surface area contributed by atoms with Crippen LogP contribution in [0.25, 0.3) is 11.1 Å². The number of carbonyl (C=O) groups is 4. The Hall–Kier alpha value is -5.01. The molecule has 0 bridgehead atoms. The number of nitrogens with zero attached hydrogens (tertiary/aromatic N) is 1. The van der Waals surface area contributed by atoms with Gasteiger partial charge in [0.2, 0.25) is 5.91 Å². The van der Waals surface area contributed by atoms with Crippen molar-refractivity contribution in [2.24, 2.45) is 0 Å². The highest BCUT2D eigenvalue weighted by Gasteiger charge is 2.32. The van der Waals surface area contributed by atoms with Gasteiger partial charge in [0, 0.05) is 30.8 Å². The summed E-state index contributed by atoms with van der Waals surface area (Å²) in [6.07, 6.45) is 1.84. The molecule has 3 amide bonds. The minimum Gasteiger partial charge on any atom is -0.458 e. The molecule has 0 saturated heterocycles. The summed E-state index contributed by atoms with van der Waals surface area (Å²) in [5, 5.41) is 9.21. The Balaban J connectivity index is 1.17. The first-order valence-corrected chi connectivity index (χ1v) is 20.7. The maximum atomic E-state index is 13.9. The fourth-order valence-corrected chi connectivity index (χ4v) is 7.83. The molecular weight excluding hydrogens is 737 g/mol. The molecule has 0 spiro atoms. The van der Waals surface area contributed by atoms with E-state index in [1.54, 1.807) is 37.8 Å². The average molecular weight is 785 g/mol. The van der Waals surface area contributed by atoms with Crippen LogP contribution in [0.3, 0.4) is 0 Å². The van der Waals surface area contributed by atoms with Gasteiger partial charge in [0.1, 0.15) is 35.9 Å². The van der Waals surface area contributed by atoms with E-state index < -0.39 is 41.7 Å². The minimum atomic E-state index is -1.03. The normalized spacial score (nSPS) is 13.1. The molecule has 0 fully saturated rings. The van der Waals surface area contributed by atoms with E-state index in [4.69, 9.17) is 14.2 Å². The Morgan fingerprint density at radius 1 is 0.764 bits per heavy atom. The number of pyridine rings is 1. The van der Waals surface area contributed by atoms with Gasteiger partial charge in [-0.05, 0) is 90.8 Å². The lowest BCUT2D eigenvalue weighted by molar-refractivity contribution is -0.158. The number of unbranched alkanes of at least 4 members (excludes halogenated alkanes) is 1. The van der Waals surface area contributed by atoms with Crippen LogP contribution >= 0.6 is 21.6 Å². The van der Waals surface area contributed by atoms with Crippen LogP contribution in [0.5, 0.6) is 0 Å². The SMILES string of the molecule is CC(C)(C)OC(=O)[C@H](Cc1ccccc1)NC(=O)[C@H](CCCCNC(=O)OCCSSc1ccccn1)NC(=O)OCC1c2ccccc2-c2ccccc21. The molecule has 11 nitrogen and oxygen atoms in total. The van der Waals surface area contributed by atoms with E-state index in [0.29, 0.717) is 25.1 Å². The molecule has 1 aliphatic rings.